The van der Waals surface area contributed by atoms with Crippen LogP contribution < -0.4 is 5.32 Å². The number of hydrogen-bond acceptors (Lipinski definition) is 2. The molecule has 0 aromatic rings. The van der Waals surface area contributed by atoms with Gasteiger partial charge in [-0.05, 0) is 47.1 Å². The number of nitrogens with one attached hydrogen (secondary N) is 1. The summed E-state index contributed by atoms with van der Waals surface area (Å²) < 4.78 is 5.93. The molecule has 17 heavy (non-hydrogen) atoms. The van der Waals surface area contributed by atoms with Crippen LogP contribution in [0.25, 0.3) is 0 Å². The average Bonchev–Trinajstić information content (AvgIpc) is 2.84. The smallest absolute Gasteiger partial charge is 0.0624 e. The molecule has 0 aromatic heterocycles. The normalized spacial score (nSPS) is 33.3. The fourth-order valence-corrected chi connectivity index (χ4v) is 2.99. The maximum Gasteiger partial charge on any atom is 0.0624 e. The molecule has 2 bridgehead atoms. The summed E-state index contributed by atoms with van der Waals surface area (Å²) in [5.41, 5.74) is 0.115. The zero-order chi connectivity index (χ0) is 12.5. The standard InChI is InChI=1S/C15H25NO/c1-15(2,3)9-5-6-13(16-4)12-10-11-7-8-14(12)17-11/h11-14,16H,6-8,10H2,1-4H3. The third kappa shape index (κ3) is 3.24. The van der Waals surface area contributed by atoms with Gasteiger partial charge in [0.25, 0.3) is 0 Å². The van der Waals surface area contributed by atoms with Crippen molar-refractivity contribution in [1.82, 2.24) is 5.32 Å². The molecule has 2 heteroatoms. The lowest BCUT2D eigenvalue weighted by atomic mass is 9.82. The van der Waals surface area contributed by atoms with Crippen molar-refractivity contribution in [2.75, 3.05) is 7.05 Å². The van der Waals surface area contributed by atoms with Crippen molar-refractivity contribution >= 4 is 0 Å². The van der Waals surface area contributed by atoms with Crippen LogP contribution in [0.3, 0.4) is 0 Å². The largest absolute Gasteiger partial charge is 0.375 e. The number of hydrogen-bond donors (Lipinski definition) is 1. The monoisotopic (exact) mass is 235 g/mol. The molecule has 4 unspecified atom stereocenters. The Kier molecular flexibility index (Phi) is 3.80. The molecule has 0 radical (unpaired) electrons. The quantitative estimate of drug-likeness (QED) is 0.759. The summed E-state index contributed by atoms with van der Waals surface area (Å²) in [5.74, 6) is 7.34. The molecular formula is C15H25NO. The van der Waals surface area contributed by atoms with Gasteiger partial charge in [0.1, 0.15) is 0 Å². The predicted molar refractivity (Wildman–Crippen MR) is 70.7 cm³/mol. The Morgan fingerprint density at radius 2 is 2.12 bits per heavy atom. The number of rotatable bonds is 3. The van der Waals surface area contributed by atoms with Crippen molar-refractivity contribution in [1.29, 1.82) is 0 Å². The van der Waals surface area contributed by atoms with Gasteiger partial charge in [0.15, 0.2) is 0 Å². The van der Waals surface area contributed by atoms with E-state index in [-0.39, 0.29) is 5.41 Å². The van der Waals surface area contributed by atoms with Gasteiger partial charge in [0.05, 0.1) is 12.2 Å². The summed E-state index contributed by atoms with van der Waals surface area (Å²) in [6, 6.07) is 0.500. The second-order valence-corrected chi connectivity index (χ2v) is 6.42. The Morgan fingerprint density at radius 1 is 1.35 bits per heavy atom. The van der Waals surface area contributed by atoms with E-state index in [1.165, 1.54) is 19.3 Å². The van der Waals surface area contributed by atoms with Crippen LogP contribution in [0.2, 0.25) is 0 Å². The van der Waals surface area contributed by atoms with Crippen LogP contribution in [-0.2, 0) is 4.74 Å². The van der Waals surface area contributed by atoms with Gasteiger partial charge in [-0.25, -0.2) is 0 Å². The minimum Gasteiger partial charge on any atom is -0.375 e. The number of fused-ring (bicyclic) bond motifs is 2. The van der Waals surface area contributed by atoms with Gasteiger partial charge in [0, 0.05) is 23.8 Å². The molecule has 96 valence electrons. The van der Waals surface area contributed by atoms with Gasteiger partial charge >= 0.3 is 0 Å². The Labute approximate surface area is 105 Å². The van der Waals surface area contributed by atoms with E-state index < -0.39 is 0 Å². The first kappa shape index (κ1) is 12.9. The fraction of sp³-hybridized carbons (Fsp3) is 0.867. The van der Waals surface area contributed by atoms with Gasteiger partial charge in [-0.1, -0.05) is 5.92 Å². The molecule has 4 atom stereocenters. The lowest BCUT2D eigenvalue weighted by Crippen LogP contribution is -2.38. The van der Waals surface area contributed by atoms with Crippen LogP contribution in [0, 0.1) is 23.2 Å². The average molecular weight is 235 g/mol. The molecule has 2 aliphatic rings. The van der Waals surface area contributed by atoms with Crippen LogP contribution in [0.1, 0.15) is 46.5 Å². The zero-order valence-corrected chi connectivity index (χ0v) is 11.5. The van der Waals surface area contributed by atoms with E-state index in [4.69, 9.17) is 4.74 Å². The summed E-state index contributed by atoms with van der Waals surface area (Å²) in [6.45, 7) is 6.49. The molecular weight excluding hydrogens is 210 g/mol. The summed E-state index contributed by atoms with van der Waals surface area (Å²) in [5, 5.41) is 3.43. The molecule has 0 amide bonds. The molecule has 2 nitrogen and oxygen atoms in total. The molecule has 2 aliphatic heterocycles. The molecule has 2 fully saturated rings. The van der Waals surface area contributed by atoms with E-state index in [2.05, 4.69) is 45.0 Å². The summed E-state index contributed by atoms with van der Waals surface area (Å²) in [6.07, 6.45) is 5.73. The molecule has 0 aliphatic carbocycles. The predicted octanol–water partition coefficient (Wildman–Crippen LogP) is 2.58. The molecule has 0 spiro atoms. The Bertz CT molecular complexity index is 320. The van der Waals surface area contributed by atoms with E-state index in [9.17, 15) is 0 Å². The van der Waals surface area contributed by atoms with Gasteiger partial charge < -0.3 is 10.1 Å². The van der Waals surface area contributed by atoms with Crippen molar-refractivity contribution in [3.05, 3.63) is 0 Å². The minimum atomic E-state index is 0.115. The van der Waals surface area contributed by atoms with E-state index >= 15 is 0 Å². The SMILES string of the molecule is CNC(CC#CC(C)(C)C)C1CC2CCC1O2. The van der Waals surface area contributed by atoms with Crippen molar-refractivity contribution in [2.45, 2.75) is 64.7 Å². The third-order valence-corrected chi connectivity index (χ3v) is 3.83. The van der Waals surface area contributed by atoms with Crippen LogP contribution in [0.4, 0.5) is 0 Å². The van der Waals surface area contributed by atoms with Crippen molar-refractivity contribution in [3.8, 4) is 11.8 Å². The highest BCUT2D eigenvalue weighted by Gasteiger charge is 2.43. The van der Waals surface area contributed by atoms with Crippen molar-refractivity contribution < 1.29 is 4.74 Å². The minimum absolute atomic E-state index is 0.115. The van der Waals surface area contributed by atoms with E-state index in [1.54, 1.807) is 0 Å². The molecule has 0 aromatic carbocycles. The molecule has 1 N–H and O–H groups in total. The van der Waals surface area contributed by atoms with Crippen LogP contribution in [0.15, 0.2) is 0 Å². The number of ether oxygens (including phenoxy) is 1. The summed E-state index contributed by atoms with van der Waals surface area (Å²) in [7, 11) is 2.05. The topological polar surface area (TPSA) is 21.3 Å². The summed E-state index contributed by atoms with van der Waals surface area (Å²) >= 11 is 0. The Morgan fingerprint density at radius 3 is 2.59 bits per heavy atom. The highest BCUT2D eigenvalue weighted by atomic mass is 16.5. The maximum atomic E-state index is 5.93. The van der Waals surface area contributed by atoms with Gasteiger partial charge in [-0.3, -0.25) is 0 Å². The first-order valence-electron chi connectivity index (χ1n) is 6.82. The maximum absolute atomic E-state index is 5.93. The Balaban J connectivity index is 1.91. The first-order chi connectivity index (χ1) is 7.99. The summed E-state index contributed by atoms with van der Waals surface area (Å²) in [4.78, 5) is 0. The highest BCUT2D eigenvalue weighted by Crippen LogP contribution is 2.40. The van der Waals surface area contributed by atoms with Crippen LogP contribution in [-0.4, -0.2) is 25.3 Å². The second kappa shape index (κ2) is 5.00. The fourth-order valence-electron chi connectivity index (χ4n) is 2.99. The zero-order valence-electron chi connectivity index (χ0n) is 11.5. The highest BCUT2D eigenvalue weighted by molar-refractivity contribution is 5.10. The molecule has 2 heterocycles. The molecule has 0 saturated carbocycles. The van der Waals surface area contributed by atoms with Gasteiger partial charge in [-0.2, -0.15) is 0 Å². The molecule has 2 saturated heterocycles. The lowest BCUT2D eigenvalue weighted by molar-refractivity contribution is 0.0867. The van der Waals surface area contributed by atoms with E-state index in [0.717, 1.165) is 6.42 Å². The second-order valence-electron chi connectivity index (χ2n) is 6.42. The van der Waals surface area contributed by atoms with E-state index in [1.807, 2.05) is 0 Å². The van der Waals surface area contributed by atoms with E-state index in [0.29, 0.717) is 24.2 Å². The van der Waals surface area contributed by atoms with Gasteiger partial charge in [-0.15, -0.1) is 5.92 Å². The van der Waals surface area contributed by atoms with Crippen molar-refractivity contribution in [2.24, 2.45) is 11.3 Å². The van der Waals surface area contributed by atoms with Crippen LogP contribution >= 0.6 is 0 Å². The lowest BCUT2D eigenvalue weighted by Gasteiger charge is -2.26. The van der Waals surface area contributed by atoms with Crippen molar-refractivity contribution in [3.63, 3.8) is 0 Å². The third-order valence-electron chi connectivity index (χ3n) is 3.83. The molecule has 2 rings (SSSR count). The van der Waals surface area contributed by atoms with Gasteiger partial charge in [0.2, 0.25) is 0 Å². The Hall–Kier alpha value is -0.520. The first-order valence-corrected chi connectivity index (χ1v) is 6.82. The van der Waals surface area contributed by atoms with Crippen LogP contribution in [0.5, 0.6) is 0 Å².